The van der Waals surface area contributed by atoms with Crippen molar-refractivity contribution in [3.05, 3.63) is 71.8 Å². The molecule has 0 saturated heterocycles. The Morgan fingerprint density at radius 1 is 0.632 bits per heavy atom. The van der Waals surface area contributed by atoms with E-state index in [4.69, 9.17) is 19.5 Å². The molecule has 38 heavy (non-hydrogen) atoms. The summed E-state index contributed by atoms with van der Waals surface area (Å²) in [6, 6.07) is 21.3. The Hall–Kier alpha value is -1.17. The third kappa shape index (κ3) is 7.52. The topological polar surface area (TPSA) is 43.2 Å². The Kier molecular flexibility index (Phi) is 12.9. The summed E-state index contributed by atoms with van der Waals surface area (Å²) in [5.41, 5.74) is 1.88. The van der Waals surface area contributed by atoms with Gasteiger partial charge < -0.3 is 9.47 Å². The van der Waals surface area contributed by atoms with Gasteiger partial charge in [0.15, 0.2) is 11.8 Å². The van der Waals surface area contributed by atoms with Crippen molar-refractivity contribution in [3.8, 4) is 0 Å². The van der Waals surface area contributed by atoms with Gasteiger partial charge in [-0.05, 0) is 36.8 Å². The number of nitrogens with zero attached hydrogens (tertiary/aromatic N) is 2. The van der Waals surface area contributed by atoms with Crippen LogP contribution in [0.1, 0.15) is 109 Å². The Balaban J connectivity index is 0.00000127. The molecule has 4 rings (SSSR count). The summed E-state index contributed by atoms with van der Waals surface area (Å²) in [5.74, 6) is 1.55. The molecule has 212 valence electrons. The summed E-state index contributed by atoms with van der Waals surface area (Å²) in [7, 11) is 1.25. The van der Waals surface area contributed by atoms with Crippen LogP contribution in [0.15, 0.2) is 70.6 Å². The van der Waals surface area contributed by atoms with E-state index in [0.29, 0.717) is 6.42 Å². The molecule has 0 N–H and O–H groups in total. The molecule has 0 aliphatic carbocycles. The third-order valence-electron chi connectivity index (χ3n) is 7.41. The molecule has 0 spiro atoms. The molecular formula is C31H42Br2N2NiO2. The zero-order chi connectivity index (χ0) is 27.4. The molecule has 2 atom stereocenters. The average Bonchev–Trinajstić information content (AvgIpc) is 3.44. The first-order chi connectivity index (χ1) is 18.5. The summed E-state index contributed by atoms with van der Waals surface area (Å²) in [4.78, 5) is 10.4. The minimum absolute atomic E-state index is 0.0153. The Bertz CT molecular complexity index is 939. The van der Waals surface area contributed by atoms with Crippen LogP contribution < -0.4 is 0 Å². The fraction of sp³-hybridized carbons (Fsp3) is 0.548. The van der Waals surface area contributed by atoms with Gasteiger partial charge in [0.2, 0.25) is 0 Å². The molecule has 7 heteroatoms. The van der Waals surface area contributed by atoms with E-state index in [1.807, 2.05) is 0 Å². The van der Waals surface area contributed by atoms with Crippen LogP contribution in [0.3, 0.4) is 0 Å². The summed E-state index contributed by atoms with van der Waals surface area (Å²) in [5, 5.41) is 0. The molecule has 0 saturated carbocycles. The molecular weight excluding hydrogens is 651 g/mol. The molecule has 4 nitrogen and oxygen atoms in total. The summed E-state index contributed by atoms with van der Waals surface area (Å²) >= 11 is 6.00. The van der Waals surface area contributed by atoms with Gasteiger partial charge in [0.05, 0.1) is 6.42 Å². The van der Waals surface area contributed by atoms with Crippen molar-refractivity contribution >= 4 is 40.2 Å². The standard InChI is InChI=1S/C31H42N2O2.2BrH.Ni/c1-5-19-30(20-6-2)28(24-15-11-9-12-16-24)32-26(34-30)23-27-33-29(25-17-13-10-14-18-25)31(35-27,21-7-3)22-8-4;;;/h9-18,28-29H,5-8,19-23H2,1-4H3;2*1H;/q;;;+2/p-2/t28-,29-;;;/m1.../s1. The minimum atomic E-state index is -0.290. The summed E-state index contributed by atoms with van der Waals surface area (Å²) in [6.45, 7) is 8.94. The van der Waals surface area contributed by atoms with Crippen LogP contribution in [0.25, 0.3) is 0 Å². The quantitative estimate of drug-likeness (QED) is 0.208. The fourth-order valence-corrected chi connectivity index (χ4v) is 6.17. The van der Waals surface area contributed by atoms with Crippen molar-refractivity contribution in [1.29, 1.82) is 0 Å². The second kappa shape index (κ2) is 15.6. The second-order valence-electron chi connectivity index (χ2n) is 10.2. The molecule has 2 aliphatic heterocycles. The van der Waals surface area contributed by atoms with Gasteiger partial charge >= 0.3 is 39.3 Å². The molecule has 2 aliphatic rings. The number of halogens is 2. The van der Waals surface area contributed by atoms with E-state index < -0.39 is 0 Å². The molecule has 0 unspecified atom stereocenters. The van der Waals surface area contributed by atoms with E-state index in [1.54, 1.807) is 0 Å². The molecule has 2 aromatic carbocycles. The third-order valence-corrected chi connectivity index (χ3v) is 7.41. The molecule has 0 bridgehead atoms. The van der Waals surface area contributed by atoms with Crippen LogP contribution in [0.2, 0.25) is 0 Å². The van der Waals surface area contributed by atoms with Crippen molar-refractivity contribution in [1.82, 2.24) is 0 Å². The van der Waals surface area contributed by atoms with Gasteiger partial charge in [-0.15, -0.1) is 0 Å². The molecule has 0 aromatic heterocycles. The van der Waals surface area contributed by atoms with Crippen molar-refractivity contribution in [2.24, 2.45) is 9.98 Å². The first kappa shape index (κ1) is 31.4. The van der Waals surface area contributed by atoms with E-state index in [2.05, 4.69) is 117 Å². The zero-order valence-electron chi connectivity index (χ0n) is 23.1. The monoisotopic (exact) mass is 690 g/mol. The summed E-state index contributed by atoms with van der Waals surface area (Å²) < 4.78 is 13.6. The molecule has 2 heterocycles. The SMILES string of the molecule is CCCC1(CCC)OC(CC2=N[C@H](c3ccccc3)C(CCC)(CCC)O2)=N[C@@H]1c1ccccc1.[Br][Ni][Br]. The van der Waals surface area contributed by atoms with Gasteiger partial charge in [-0.3, -0.25) is 0 Å². The van der Waals surface area contributed by atoms with Crippen molar-refractivity contribution in [3.63, 3.8) is 0 Å². The number of aliphatic imine (C=N–C) groups is 2. The Labute approximate surface area is 249 Å². The van der Waals surface area contributed by atoms with Crippen molar-refractivity contribution in [2.45, 2.75) is 109 Å². The van der Waals surface area contributed by atoms with Crippen molar-refractivity contribution in [2.75, 3.05) is 0 Å². The molecule has 0 radical (unpaired) electrons. The van der Waals surface area contributed by atoms with Crippen molar-refractivity contribution < 1.29 is 20.4 Å². The van der Waals surface area contributed by atoms with Crippen LogP contribution in [0, 0.1) is 0 Å². The molecule has 2 aromatic rings. The van der Waals surface area contributed by atoms with Gasteiger partial charge in [-0.2, -0.15) is 0 Å². The maximum atomic E-state index is 6.78. The number of benzene rings is 2. The maximum absolute atomic E-state index is 6.78. The first-order valence-electron chi connectivity index (χ1n) is 13.9. The van der Waals surface area contributed by atoms with E-state index in [0.717, 1.165) is 63.2 Å². The number of rotatable bonds is 12. The number of ether oxygens (including phenoxy) is 2. The van der Waals surface area contributed by atoms with Gasteiger partial charge in [0, 0.05) is 0 Å². The predicted molar refractivity (Wildman–Crippen MR) is 163 cm³/mol. The van der Waals surface area contributed by atoms with Crippen LogP contribution in [-0.4, -0.2) is 23.0 Å². The normalized spacial score (nSPS) is 21.1. The first-order valence-corrected chi connectivity index (χ1v) is 18.8. The van der Waals surface area contributed by atoms with Crippen LogP contribution >= 0.6 is 28.5 Å². The van der Waals surface area contributed by atoms with E-state index in [9.17, 15) is 0 Å². The van der Waals surface area contributed by atoms with Gasteiger partial charge in [-0.25, -0.2) is 9.98 Å². The van der Waals surface area contributed by atoms with E-state index in [-0.39, 0.29) is 23.3 Å². The van der Waals surface area contributed by atoms with E-state index >= 15 is 0 Å². The Morgan fingerprint density at radius 2 is 0.947 bits per heavy atom. The van der Waals surface area contributed by atoms with Crippen LogP contribution in [0.5, 0.6) is 0 Å². The predicted octanol–water partition coefficient (Wildman–Crippen LogP) is 10.1. The van der Waals surface area contributed by atoms with E-state index in [1.165, 1.54) is 22.0 Å². The van der Waals surface area contributed by atoms with Gasteiger partial charge in [-0.1, -0.05) is 114 Å². The van der Waals surface area contributed by atoms with Gasteiger partial charge in [0.1, 0.15) is 23.3 Å². The zero-order valence-corrected chi connectivity index (χ0v) is 27.2. The van der Waals surface area contributed by atoms with Gasteiger partial charge in [0.25, 0.3) is 0 Å². The van der Waals surface area contributed by atoms with Crippen LogP contribution in [0.4, 0.5) is 0 Å². The molecule has 0 fully saturated rings. The second-order valence-corrected chi connectivity index (χ2v) is 15.2. The summed E-state index contributed by atoms with van der Waals surface area (Å²) in [6.07, 6.45) is 8.74. The average molecular weight is 693 g/mol. The number of hydrogen-bond donors (Lipinski definition) is 0. The number of hydrogen-bond acceptors (Lipinski definition) is 4. The van der Waals surface area contributed by atoms with Crippen LogP contribution in [-0.2, 0) is 20.4 Å². The Morgan fingerprint density at radius 3 is 1.24 bits per heavy atom. The molecule has 0 amide bonds. The fourth-order valence-electron chi connectivity index (χ4n) is 6.17.